The first kappa shape index (κ1) is 14.0. The molecular formula is C10H16FN3O2S. The van der Waals surface area contributed by atoms with E-state index in [9.17, 15) is 12.8 Å². The summed E-state index contributed by atoms with van der Waals surface area (Å²) in [4.78, 5) is 3.29. The van der Waals surface area contributed by atoms with Gasteiger partial charge < -0.3 is 5.73 Å². The Bertz CT molecular complexity index is 476. The summed E-state index contributed by atoms with van der Waals surface area (Å²) in [5.74, 6) is -0.538. The third-order valence-corrected chi connectivity index (χ3v) is 3.75. The standard InChI is InChI=1S/C10H16FN3O2S/c1-7(2)10(12)6-14-17(15,16)9-3-8(11)4-13-5-9/h3-5,7,10,14H,6,12H2,1-2H3. The highest BCUT2D eigenvalue weighted by molar-refractivity contribution is 7.89. The summed E-state index contributed by atoms with van der Waals surface area (Å²) in [6, 6.07) is 0.627. The molecule has 0 aliphatic carbocycles. The first-order valence-corrected chi connectivity index (χ1v) is 6.67. The monoisotopic (exact) mass is 261 g/mol. The molecule has 0 amide bonds. The number of sulfonamides is 1. The van der Waals surface area contributed by atoms with Crippen LogP contribution in [0.3, 0.4) is 0 Å². The fourth-order valence-corrected chi connectivity index (χ4v) is 2.11. The molecule has 0 aliphatic heterocycles. The van der Waals surface area contributed by atoms with Gasteiger partial charge in [0.05, 0.1) is 6.20 Å². The number of hydrogen-bond acceptors (Lipinski definition) is 4. The van der Waals surface area contributed by atoms with Crippen molar-refractivity contribution >= 4 is 10.0 Å². The molecule has 0 aromatic carbocycles. The van der Waals surface area contributed by atoms with Gasteiger partial charge in [-0.1, -0.05) is 13.8 Å². The number of aromatic nitrogens is 1. The van der Waals surface area contributed by atoms with E-state index < -0.39 is 15.8 Å². The Morgan fingerprint density at radius 1 is 1.47 bits per heavy atom. The smallest absolute Gasteiger partial charge is 0.242 e. The zero-order valence-electron chi connectivity index (χ0n) is 9.72. The molecular weight excluding hydrogens is 245 g/mol. The number of nitrogens with zero attached hydrogens (tertiary/aromatic N) is 1. The van der Waals surface area contributed by atoms with Crippen molar-refractivity contribution in [1.29, 1.82) is 0 Å². The molecule has 5 nitrogen and oxygen atoms in total. The fourth-order valence-electron chi connectivity index (χ4n) is 1.06. The molecule has 96 valence electrons. The Hall–Kier alpha value is -1.05. The van der Waals surface area contributed by atoms with Gasteiger partial charge in [-0.15, -0.1) is 0 Å². The van der Waals surface area contributed by atoms with Crippen LogP contribution in [0, 0.1) is 11.7 Å². The van der Waals surface area contributed by atoms with Crippen LogP contribution < -0.4 is 10.5 Å². The molecule has 0 saturated carbocycles. The first-order chi connectivity index (χ1) is 7.83. The van der Waals surface area contributed by atoms with E-state index in [1.807, 2.05) is 13.8 Å². The second kappa shape index (κ2) is 5.52. The van der Waals surface area contributed by atoms with Crippen molar-refractivity contribution in [3.63, 3.8) is 0 Å². The van der Waals surface area contributed by atoms with Gasteiger partial charge in [0.25, 0.3) is 0 Å². The van der Waals surface area contributed by atoms with Gasteiger partial charge in [-0.2, -0.15) is 0 Å². The molecule has 1 aromatic rings. The summed E-state index contributed by atoms with van der Waals surface area (Å²) in [5, 5.41) is 0. The molecule has 0 radical (unpaired) electrons. The molecule has 0 spiro atoms. The lowest BCUT2D eigenvalue weighted by atomic mass is 10.1. The average molecular weight is 261 g/mol. The summed E-state index contributed by atoms with van der Waals surface area (Å²) in [6.45, 7) is 3.89. The highest BCUT2D eigenvalue weighted by Crippen LogP contribution is 2.08. The van der Waals surface area contributed by atoms with Gasteiger partial charge in [-0.25, -0.2) is 17.5 Å². The second-order valence-electron chi connectivity index (χ2n) is 4.10. The molecule has 1 unspecified atom stereocenters. The maximum atomic E-state index is 12.8. The third-order valence-electron chi connectivity index (χ3n) is 2.36. The first-order valence-electron chi connectivity index (χ1n) is 5.18. The summed E-state index contributed by atoms with van der Waals surface area (Å²) >= 11 is 0. The van der Waals surface area contributed by atoms with Gasteiger partial charge in [0, 0.05) is 18.8 Å². The van der Waals surface area contributed by atoms with E-state index in [1.54, 1.807) is 0 Å². The molecule has 0 aliphatic rings. The minimum absolute atomic E-state index is 0.108. The Balaban J connectivity index is 2.76. The van der Waals surface area contributed by atoms with Crippen LogP contribution in [-0.4, -0.2) is 26.0 Å². The normalized spacial score (nSPS) is 13.9. The van der Waals surface area contributed by atoms with Crippen LogP contribution in [-0.2, 0) is 10.0 Å². The molecule has 0 bridgehead atoms. The lowest BCUT2D eigenvalue weighted by Crippen LogP contribution is -2.40. The van der Waals surface area contributed by atoms with Crippen molar-refractivity contribution < 1.29 is 12.8 Å². The topological polar surface area (TPSA) is 85.1 Å². The van der Waals surface area contributed by atoms with Crippen molar-refractivity contribution in [2.24, 2.45) is 11.7 Å². The summed E-state index contributed by atoms with van der Waals surface area (Å²) in [5.41, 5.74) is 5.71. The van der Waals surface area contributed by atoms with Crippen LogP contribution >= 0.6 is 0 Å². The largest absolute Gasteiger partial charge is 0.326 e. The molecule has 1 aromatic heterocycles. The second-order valence-corrected chi connectivity index (χ2v) is 5.87. The highest BCUT2D eigenvalue weighted by atomic mass is 32.2. The van der Waals surface area contributed by atoms with Gasteiger partial charge in [0.1, 0.15) is 10.7 Å². The van der Waals surface area contributed by atoms with Gasteiger partial charge in [-0.3, -0.25) is 4.98 Å². The maximum Gasteiger partial charge on any atom is 0.242 e. The van der Waals surface area contributed by atoms with E-state index in [-0.39, 0.29) is 23.4 Å². The van der Waals surface area contributed by atoms with E-state index in [0.29, 0.717) is 0 Å². The Morgan fingerprint density at radius 3 is 2.65 bits per heavy atom. The molecule has 7 heteroatoms. The van der Waals surface area contributed by atoms with Crippen molar-refractivity contribution in [1.82, 2.24) is 9.71 Å². The van der Waals surface area contributed by atoms with Crippen molar-refractivity contribution in [3.8, 4) is 0 Å². The lowest BCUT2D eigenvalue weighted by molar-refractivity contribution is 0.481. The van der Waals surface area contributed by atoms with Crippen LogP contribution in [0.5, 0.6) is 0 Å². The minimum Gasteiger partial charge on any atom is -0.326 e. The Kier molecular flexibility index (Phi) is 4.55. The molecule has 3 N–H and O–H groups in total. The summed E-state index contributed by atoms with van der Waals surface area (Å²) in [6.07, 6.45) is 2.03. The van der Waals surface area contributed by atoms with Crippen LogP contribution in [0.2, 0.25) is 0 Å². The van der Waals surface area contributed by atoms with Gasteiger partial charge in [-0.05, 0) is 12.0 Å². The third kappa shape index (κ3) is 4.03. The van der Waals surface area contributed by atoms with Crippen molar-refractivity contribution in [3.05, 3.63) is 24.3 Å². The lowest BCUT2D eigenvalue weighted by Gasteiger charge is -2.16. The van der Waals surface area contributed by atoms with Gasteiger partial charge in [0.15, 0.2) is 0 Å². The van der Waals surface area contributed by atoms with E-state index in [2.05, 4.69) is 9.71 Å². The van der Waals surface area contributed by atoms with Gasteiger partial charge in [0.2, 0.25) is 10.0 Å². The molecule has 0 fully saturated rings. The number of rotatable bonds is 5. The summed E-state index contributed by atoms with van der Waals surface area (Å²) < 4.78 is 38.6. The zero-order chi connectivity index (χ0) is 13.1. The number of halogens is 1. The minimum atomic E-state index is -3.74. The molecule has 1 rings (SSSR count). The van der Waals surface area contributed by atoms with E-state index in [0.717, 1.165) is 18.5 Å². The Labute approximate surface area is 100 Å². The predicted molar refractivity (Wildman–Crippen MR) is 62.2 cm³/mol. The molecule has 17 heavy (non-hydrogen) atoms. The van der Waals surface area contributed by atoms with Crippen LogP contribution in [0.15, 0.2) is 23.4 Å². The van der Waals surface area contributed by atoms with Crippen LogP contribution in [0.25, 0.3) is 0 Å². The van der Waals surface area contributed by atoms with E-state index >= 15 is 0 Å². The number of nitrogens with one attached hydrogen (secondary N) is 1. The SMILES string of the molecule is CC(C)C(N)CNS(=O)(=O)c1cncc(F)c1. The number of hydrogen-bond donors (Lipinski definition) is 2. The number of nitrogens with two attached hydrogens (primary N) is 1. The van der Waals surface area contributed by atoms with E-state index in [4.69, 9.17) is 5.73 Å². The van der Waals surface area contributed by atoms with Crippen LogP contribution in [0.1, 0.15) is 13.8 Å². The summed E-state index contributed by atoms with van der Waals surface area (Å²) in [7, 11) is -3.74. The van der Waals surface area contributed by atoms with Gasteiger partial charge >= 0.3 is 0 Å². The molecule has 1 heterocycles. The zero-order valence-corrected chi connectivity index (χ0v) is 10.5. The average Bonchev–Trinajstić information content (AvgIpc) is 2.26. The predicted octanol–water partition coefficient (Wildman–Crippen LogP) is 0.482. The molecule has 0 saturated heterocycles. The molecule has 1 atom stereocenters. The van der Waals surface area contributed by atoms with Crippen LogP contribution in [0.4, 0.5) is 4.39 Å². The number of pyridine rings is 1. The Morgan fingerprint density at radius 2 is 2.12 bits per heavy atom. The van der Waals surface area contributed by atoms with E-state index in [1.165, 1.54) is 0 Å². The quantitative estimate of drug-likeness (QED) is 0.807. The van der Waals surface area contributed by atoms with Crippen molar-refractivity contribution in [2.75, 3.05) is 6.54 Å². The maximum absolute atomic E-state index is 12.8. The fraction of sp³-hybridized carbons (Fsp3) is 0.500. The highest BCUT2D eigenvalue weighted by Gasteiger charge is 2.17. The van der Waals surface area contributed by atoms with Crippen molar-refractivity contribution in [2.45, 2.75) is 24.8 Å².